The Labute approximate surface area is 256 Å². The van der Waals surface area contributed by atoms with E-state index in [-0.39, 0.29) is 25.2 Å². The van der Waals surface area contributed by atoms with E-state index in [4.69, 9.17) is 23.7 Å². The lowest BCUT2D eigenvalue weighted by molar-refractivity contribution is -0.156. The molecule has 6 atom stereocenters. The molecule has 0 bridgehead atoms. The number of aliphatic hydroxyl groups excluding tert-OH is 1. The number of nitrogens with one attached hydrogen (secondary N) is 2. The van der Waals surface area contributed by atoms with Gasteiger partial charge in [0.2, 0.25) is 5.91 Å². The van der Waals surface area contributed by atoms with Crippen molar-refractivity contribution in [1.29, 1.82) is 0 Å². The average molecular weight is 619 g/mol. The van der Waals surface area contributed by atoms with E-state index in [0.717, 1.165) is 6.26 Å². The smallest absolute Gasteiger partial charge is 0.464 e. The Bertz CT molecular complexity index is 1260. The molecule has 0 aliphatic heterocycles. The zero-order chi connectivity index (χ0) is 33.0. The predicted octanol–water partition coefficient (Wildman–Crippen LogP) is 3.17. The van der Waals surface area contributed by atoms with Crippen molar-refractivity contribution in [3.63, 3.8) is 0 Å². The van der Waals surface area contributed by atoms with E-state index in [9.17, 15) is 29.1 Å². The number of fused-ring (bicyclic) bond motifs is 1. The first kappa shape index (κ1) is 34.4. The molecule has 1 unspecified atom stereocenters. The molecule has 2 amide bonds. The fraction of sp³-hybridized carbons (Fsp3) is 0.581. The molecule has 1 aromatic rings. The molecule has 2 fully saturated rings. The fourth-order valence-corrected chi connectivity index (χ4v) is 5.44. The summed E-state index contributed by atoms with van der Waals surface area (Å²) in [6.07, 6.45) is -2.16. The van der Waals surface area contributed by atoms with Crippen molar-refractivity contribution in [2.75, 3.05) is 6.61 Å². The van der Waals surface area contributed by atoms with Crippen LogP contribution in [0.2, 0.25) is 0 Å². The van der Waals surface area contributed by atoms with Gasteiger partial charge in [0.1, 0.15) is 28.5 Å². The second-order valence-corrected chi connectivity index (χ2v) is 12.8. The number of hydrogen-bond donors (Lipinski definition) is 3. The van der Waals surface area contributed by atoms with Gasteiger partial charge in [0.15, 0.2) is 0 Å². The Kier molecular flexibility index (Phi) is 10.3. The third kappa shape index (κ3) is 8.49. The van der Waals surface area contributed by atoms with Crippen LogP contribution in [0.25, 0.3) is 0 Å². The zero-order valence-corrected chi connectivity index (χ0v) is 26.1. The number of amides is 2. The summed E-state index contributed by atoms with van der Waals surface area (Å²) >= 11 is 0. The Balaban J connectivity index is 1.86. The van der Waals surface area contributed by atoms with Crippen LogP contribution < -0.4 is 15.4 Å². The maximum absolute atomic E-state index is 13.8. The Hall–Kier alpha value is -4.13. The largest absolute Gasteiger partial charge is 0.514 e. The highest BCUT2D eigenvalue weighted by Crippen LogP contribution is 2.63. The van der Waals surface area contributed by atoms with E-state index in [2.05, 4.69) is 17.2 Å². The van der Waals surface area contributed by atoms with E-state index in [1.54, 1.807) is 60.6 Å². The molecule has 2 aliphatic carbocycles. The lowest BCUT2D eigenvalue weighted by Crippen LogP contribution is -2.62. The molecule has 2 saturated carbocycles. The van der Waals surface area contributed by atoms with E-state index in [1.807, 2.05) is 0 Å². The molecule has 13 heteroatoms. The lowest BCUT2D eigenvalue weighted by Gasteiger charge is -2.33. The summed E-state index contributed by atoms with van der Waals surface area (Å²) in [5.74, 6) is -4.36. The van der Waals surface area contributed by atoms with Crippen molar-refractivity contribution in [2.45, 2.75) is 90.2 Å². The van der Waals surface area contributed by atoms with Gasteiger partial charge in [-0.15, -0.1) is 0 Å². The minimum atomic E-state index is -1.75. The molecule has 0 spiro atoms. The number of rotatable bonds is 10. The van der Waals surface area contributed by atoms with Gasteiger partial charge in [-0.05, 0) is 66.2 Å². The molecule has 1 aromatic carbocycles. The molecule has 242 valence electrons. The molecule has 13 nitrogen and oxygen atoms in total. The number of esters is 2. The summed E-state index contributed by atoms with van der Waals surface area (Å²) in [7, 11) is 0. The molecule has 44 heavy (non-hydrogen) atoms. The number of hydrogen-bond acceptors (Lipinski definition) is 11. The SMILES string of the molecule is C=COC(=O)[C@H]1[C@H]2[C@@H]1C(NC(=O)[C@H](Cc1ccc(OC(=O)OC(C)(C)C)cc1)NC(=O)OC(C)(C)C)(C(=O)OCC)C[C@@H]2O. The second kappa shape index (κ2) is 13.2. The molecule has 0 radical (unpaired) electrons. The normalized spacial score (nSPS) is 24.5. The van der Waals surface area contributed by atoms with Crippen molar-refractivity contribution in [2.24, 2.45) is 17.8 Å². The summed E-state index contributed by atoms with van der Waals surface area (Å²) in [6.45, 7) is 15.1. The Morgan fingerprint density at radius 2 is 1.66 bits per heavy atom. The molecule has 0 aromatic heterocycles. The maximum Gasteiger partial charge on any atom is 0.514 e. The van der Waals surface area contributed by atoms with Gasteiger partial charge >= 0.3 is 24.2 Å². The van der Waals surface area contributed by atoms with Crippen LogP contribution in [0.15, 0.2) is 37.1 Å². The molecule has 0 heterocycles. The summed E-state index contributed by atoms with van der Waals surface area (Å²) in [6, 6.07) is 4.92. The first-order valence-corrected chi connectivity index (χ1v) is 14.4. The first-order valence-electron chi connectivity index (χ1n) is 14.4. The van der Waals surface area contributed by atoms with Crippen LogP contribution in [0.4, 0.5) is 9.59 Å². The van der Waals surface area contributed by atoms with Gasteiger partial charge in [-0.25, -0.2) is 14.4 Å². The van der Waals surface area contributed by atoms with Gasteiger partial charge in [0.25, 0.3) is 0 Å². The van der Waals surface area contributed by atoms with Crippen LogP contribution in [0.1, 0.15) is 60.5 Å². The van der Waals surface area contributed by atoms with Gasteiger partial charge < -0.3 is 39.4 Å². The highest BCUT2D eigenvalue weighted by Gasteiger charge is 2.76. The van der Waals surface area contributed by atoms with Crippen molar-refractivity contribution in [3.05, 3.63) is 42.7 Å². The third-order valence-corrected chi connectivity index (χ3v) is 7.04. The summed E-state index contributed by atoms with van der Waals surface area (Å²) < 4.78 is 25.9. The van der Waals surface area contributed by atoms with Crippen molar-refractivity contribution >= 4 is 30.1 Å². The maximum atomic E-state index is 13.8. The van der Waals surface area contributed by atoms with Crippen molar-refractivity contribution < 1.29 is 52.8 Å². The second-order valence-electron chi connectivity index (χ2n) is 12.8. The van der Waals surface area contributed by atoms with Crippen LogP contribution in [-0.4, -0.2) is 70.7 Å². The van der Waals surface area contributed by atoms with Gasteiger partial charge in [-0.1, -0.05) is 18.7 Å². The molecular weight excluding hydrogens is 576 g/mol. The van der Waals surface area contributed by atoms with Gasteiger partial charge in [0.05, 0.1) is 24.9 Å². The van der Waals surface area contributed by atoms with Crippen molar-refractivity contribution in [3.8, 4) is 5.75 Å². The summed E-state index contributed by atoms with van der Waals surface area (Å²) in [5.41, 5.74) is -2.80. The van der Waals surface area contributed by atoms with E-state index in [1.165, 1.54) is 12.1 Å². The highest BCUT2D eigenvalue weighted by molar-refractivity contribution is 5.94. The molecule has 0 saturated heterocycles. The highest BCUT2D eigenvalue weighted by atomic mass is 16.7. The van der Waals surface area contributed by atoms with E-state index in [0.29, 0.717) is 5.56 Å². The standard InChI is InChI=1S/C31H42N2O11/c1-9-40-25(36)22-21-20(34)16-31(23(21)22,26(37)41-10-2)33-24(35)19(32-27(38)43-29(3,4)5)15-17-11-13-18(14-12-17)42-28(39)44-30(6,7)8/h9,11-14,19-23,34H,1,10,15-16H2,2-8H3,(H,32,38)(H,33,35)/t19-,20-,21-,22-,23-,31?/m0/s1. The van der Waals surface area contributed by atoms with E-state index < -0.39 is 76.7 Å². The zero-order valence-electron chi connectivity index (χ0n) is 26.1. The number of alkyl carbamates (subject to hydrolysis) is 1. The van der Waals surface area contributed by atoms with Crippen molar-refractivity contribution in [1.82, 2.24) is 10.6 Å². The number of benzene rings is 1. The van der Waals surface area contributed by atoms with E-state index >= 15 is 0 Å². The minimum absolute atomic E-state index is 0.0109. The summed E-state index contributed by atoms with van der Waals surface area (Å²) in [5, 5.41) is 16.0. The first-order chi connectivity index (χ1) is 20.4. The summed E-state index contributed by atoms with van der Waals surface area (Å²) in [4.78, 5) is 64.5. The topological polar surface area (TPSA) is 176 Å². The molecule has 3 N–H and O–H groups in total. The monoisotopic (exact) mass is 618 g/mol. The number of carbonyl (C=O) groups is 5. The predicted molar refractivity (Wildman–Crippen MR) is 155 cm³/mol. The van der Waals surface area contributed by atoms with Crippen LogP contribution in [-0.2, 0) is 39.8 Å². The Morgan fingerprint density at radius 3 is 2.20 bits per heavy atom. The number of ether oxygens (including phenoxy) is 5. The number of aliphatic hydroxyl groups is 1. The Morgan fingerprint density at radius 1 is 1.05 bits per heavy atom. The molecular formula is C31H42N2O11. The minimum Gasteiger partial charge on any atom is -0.464 e. The average Bonchev–Trinajstić information content (AvgIpc) is 3.57. The van der Waals surface area contributed by atoms with Crippen LogP contribution in [0, 0.1) is 17.8 Å². The van der Waals surface area contributed by atoms with Crippen LogP contribution in [0.5, 0.6) is 5.75 Å². The van der Waals surface area contributed by atoms with Gasteiger partial charge in [-0.2, -0.15) is 0 Å². The van der Waals surface area contributed by atoms with Gasteiger partial charge in [0, 0.05) is 24.7 Å². The van der Waals surface area contributed by atoms with Crippen LogP contribution >= 0.6 is 0 Å². The molecule has 2 aliphatic rings. The van der Waals surface area contributed by atoms with Gasteiger partial charge in [-0.3, -0.25) is 9.59 Å². The number of carbonyl (C=O) groups excluding carboxylic acids is 5. The fourth-order valence-electron chi connectivity index (χ4n) is 5.44. The van der Waals surface area contributed by atoms with Crippen LogP contribution in [0.3, 0.4) is 0 Å². The lowest BCUT2D eigenvalue weighted by atomic mass is 9.88. The quantitative estimate of drug-likeness (QED) is 0.152. The molecule has 3 rings (SSSR count). The third-order valence-electron chi connectivity index (χ3n) is 7.04.